The third-order valence-corrected chi connectivity index (χ3v) is 2.84. The van der Waals surface area contributed by atoms with Crippen LogP contribution in [0.15, 0.2) is 0 Å². The number of hydrogen-bond acceptors (Lipinski definition) is 2. The summed E-state index contributed by atoms with van der Waals surface area (Å²) in [6.45, 7) is 0.832. The molecule has 2 bridgehead atoms. The van der Waals surface area contributed by atoms with Gasteiger partial charge in [0.15, 0.2) is 0 Å². The van der Waals surface area contributed by atoms with Crippen molar-refractivity contribution in [3.8, 4) is 0 Å². The molecule has 2 nitrogen and oxygen atoms in total. The summed E-state index contributed by atoms with van der Waals surface area (Å²) in [7, 11) is 0. The van der Waals surface area contributed by atoms with Gasteiger partial charge in [-0.25, -0.2) is 9.78 Å². The summed E-state index contributed by atoms with van der Waals surface area (Å²) in [5.74, 6) is 2.56. The summed E-state index contributed by atoms with van der Waals surface area (Å²) < 4.78 is 0. The molecule has 1 atom stereocenters. The van der Waals surface area contributed by atoms with Crippen LogP contribution >= 0.6 is 0 Å². The Bertz CT molecular complexity index is 145. The molecular formula is C7H9O2. The van der Waals surface area contributed by atoms with Crippen LogP contribution in [0.1, 0.15) is 19.3 Å². The Labute approximate surface area is 54.1 Å². The van der Waals surface area contributed by atoms with Crippen molar-refractivity contribution in [3.05, 3.63) is 5.92 Å². The second kappa shape index (κ2) is 1.18. The summed E-state index contributed by atoms with van der Waals surface area (Å²) in [5.41, 5.74) is 0.144. The first-order chi connectivity index (χ1) is 4.39. The minimum atomic E-state index is 0.144. The molecule has 9 heavy (non-hydrogen) atoms. The normalized spacial score (nSPS) is 55.3. The van der Waals surface area contributed by atoms with Crippen LogP contribution < -0.4 is 0 Å². The van der Waals surface area contributed by atoms with Gasteiger partial charge < -0.3 is 0 Å². The van der Waals surface area contributed by atoms with Crippen molar-refractivity contribution in [3.63, 3.8) is 0 Å². The first-order valence-electron chi connectivity index (χ1n) is 3.55. The molecule has 0 N–H and O–H groups in total. The van der Waals surface area contributed by atoms with Crippen LogP contribution in [0.2, 0.25) is 0 Å². The fraction of sp³-hybridized carbons (Fsp3) is 0.857. The maximum Gasteiger partial charge on any atom is 0.136 e. The average molecular weight is 125 g/mol. The van der Waals surface area contributed by atoms with Crippen LogP contribution in [0.5, 0.6) is 0 Å². The van der Waals surface area contributed by atoms with E-state index in [9.17, 15) is 0 Å². The van der Waals surface area contributed by atoms with Crippen LogP contribution in [0.25, 0.3) is 0 Å². The largest absolute Gasteiger partial charge is 0.233 e. The van der Waals surface area contributed by atoms with E-state index in [1.807, 2.05) is 0 Å². The fourth-order valence-corrected chi connectivity index (χ4v) is 2.22. The second-order valence-electron chi connectivity index (χ2n) is 3.42. The van der Waals surface area contributed by atoms with Crippen LogP contribution in [0, 0.1) is 11.8 Å². The predicted octanol–water partition coefficient (Wildman–Crippen LogP) is 1.08. The van der Waals surface area contributed by atoms with E-state index in [2.05, 4.69) is 0 Å². The van der Waals surface area contributed by atoms with Gasteiger partial charge in [0, 0.05) is 5.92 Å². The Morgan fingerprint density at radius 2 is 2.22 bits per heavy atom. The highest BCUT2D eigenvalue weighted by Crippen LogP contribution is 2.60. The third-order valence-electron chi connectivity index (χ3n) is 2.84. The maximum atomic E-state index is 5.10. The van der Waals surface area contributed by atoms with E-state index in [0.717, 1.165) is 12.5 Å². The van der Waals surface area contributed by atoms with Crippen LogP contribution in [-0.4, -0.2) is 12.2 Å². The highest BCUT2D eigenvalue weighted by atomic mass is 17.2. The van der Waals surface area contributed by atoms with Gasteiger partial charge in [0.05, 0.1) is 0 Å². The Kier molecular flexibility index (Phi) is 0.616. The number of rotatable bonds is 0. The third kappa shape index (κ3) is 0.383. The second-order valence-corrected chi connectivity index (χ2v) is 3.42. The van der Waals surface area contributed by atoms with E-state index in [1.165, 1.54) is 19.3 Å². The standard InChI is InChI=1S/C7H9O2/c1-5-2-6(1)7(3-5)4-8-9-7/h5H,1-4H2. The van der Waals surface area contributed by atoms with Gasteiger partial charge in [0.1, 0.15) is 12.2 Å². The Morgan fingerprint density at radius 1 is 1.44 bits per heavy atom. The van der Waals surface area contributed by atoms with E-state index in [1.54, 1.807) is 5.92 Å². The molecule has 1 radical (unpaired) electrons. The van der Waals surface area contributed by atoms with Crippen molar-refractivity contribution in [2.24, 2.45) is 5.92 Å². The van der Waals surface area contributed by atoms with Gasteiger partial charge in [-0.15, -0.1) is 0 Å². The van der Waals surface area contributed by atoms with Gasteiger partial charge >= 0.3 is 0 Å². The lowest BCUT2D eigenvalue weighted by molar-refractivity contribution is -0.460. The van der Waals surface area contributed by atoms with E-state index >= 15 is 0 Å². The van der Waals surface area contributed by atoms with Gasteiger partial charge in [-0.1, -0.05) is 0 Å². The number of hydrogen-bond donors (Lipinski definition) is 0. The van der Waals surface area contributed by atoms with E-state index in [4.69, 9.17) is 9.78 Å². The van der Waals surface area contributed by atoms with Crippen molar-refractivity contribution in [1.29, 1.82) is 0 Å². The summed E-state index contributed by atoms with van der Waals surface area (Å²) in [5, 5.41) is 0. The monoisotopic (exact) mass is 125 g/mol. The molecule has 3 saturated carbocycles. The molecule has 1 aliphatic heterocycles. The Balaban J connectivity index is 1.92. The highest BCUT2D eigenvalue weighted by Gasteiger charge is 2.61. The van der Waals surface area contributed by atoms with Gasteiger partial charge in [0.25, 0.3) is 0 Å². The van der Waals surface area contributed by atoms with Crippen molar-refractivity contribution in [1.82, 2.24) is 0 Å². The molecular weight excluding hydrogens is 116 g/mol. The maximum absolute atomic E-state index is 5.10. The topological polar surface area (TPSA) is 18.5 Å². The van der Waals surface area contributed by atoms with Gasteiger partial charge in [-0.3, -0.25) is 0 Å². The molecule has 4 fully saturated rings. The SMILES string of the molecule is C1[C]2CC1CC21COO1. The van der Waals surface area contributed by atoms with Crippen molar-refractivity contribution >= 4 is 0 Å². The zero-order chi connectivity index (χ0) is 5.90. The molecule has 4 rings (SSSR count). The first kappa shape index (κ1) is 4.69. The van der Waals surface area contributed by atoms with Crippen LogP contribution in [-0.2, 0) is 9.78 Å². The molecule has 0 aromatic rings. The zero-order valence-corrected chi connectivity index (χ0v) is 5.22. The lowest BCUT2D eigenvalue weighted by Gasteiger charge is -2.39. The molecule has 0 aromatic carbocycles. The molecule has 4 aliphatic rings. The van der Waals surface area contributed by atoms with Crippen LogP contribution in [0.4, 0.5) is 0 Å². The van der Waals surface area contributed by atoms with Crippen molar-refractivity contribution < 1.29 is 9.78 Å². The molecule has 49 valence electrons. The predicted molar refractivity (Wildman–Crippen MR) is 30.4 cm³/mol. The summed E-state index contributed by atoms with van der Waals surface area (Å²) in [6.07, 6.45) is 3.88. The molecule has 1 spiro atoms. The van der Waals surface area contributed by atoms with Crippen molar-refractivity contribution in [2.45, 2.75) is 24.9 Å². The van der Waals surface area contributed by atoms with E-state index in [-0.39, 0.29) is 5.60 Å². The fourth-order valence-electron chi connectivity index (χ4n) is 2.22. The highest BCUT2D eigenvalue weighted by molar-refractivity contribution is 5.26. The molecule has 0 amide bonds. The lowest BCUT2D eigenvalue weighted by atomic mass is 9.81. The molecule has 2 heteroatoms. The summed E-state index contributed by atoms with van der Waals surface area (Å²) in [4.78, 5) is 9.83. The first-order valence-corrected chi connectivity index (χ1v) is 3.55. The molecule has 1 heterocycles. The molecule has 1 saturated heterocycles. The van der Waals surface area contributed by atoms with Gasteiger partial charge in [-0.2, -0.15) is 0 Å². The Hall–Kier alpha value is -0.0800. The van der Waals surface area contributed by atoms with Gasteiger partial charge in [0.2, 0.25) is 0 Å². The molecule has 3 aliphatic carbocycles. The van der Waals surface area contributed by atoms with Crippen molar-refractivity contribution in [2.75, 3.05) is 6.61 Å². The van der Waals surface area contributed by atoms with E-state index in [0.29, 0.717) is 0 Å². The average Bonchev–Trinajstić information content (AvgIpc) is 2.07. The summed E-state index contributed by atoms with van der Waals surface area (Å²) >= 11 is 0. The van der Waals surface area contributed by atoms with Gasteiger partial charge in [-0.05, 0) is 25.2 Å². The minimum Gasteiger partial charge on any atom is -0.233 e. The molecule has 1 unspecified atom stereocenters. The van der Waals surface area contributed by atoms with Crippen LogP contribution in [0.3, 0.4) is 0 Å². The zero-order valence-electron chi connectivity index (χ0n) is 5.22. The smallest absolute Gasteiger partial charge is 0.136 e. The quantitative estimate of drug-likeness (QED) is 0.451. The lowest BCUT2D eigenvalue weighted by Crippen LogP contribution is -2.47. The summed E-state index contributed by atoms with van der Waals surface area (Å²) in [6, 6.07) is 0. The molecule has 0 aromatic heterocycles. The van der Waals surface area contributed by atoms with E-state index < -0.39 is 0 Å². The Morgan fingerprint density at radius 3 is 2.44 bits per heavy atom. The minimum absolute atomic E-state index is 0.144.